The third kappa shape index (κ3) is 3.18. The Balaban J connectivity index is 1.84. The molecule has 23 heavy (non-hydrogen) atoms. The highest BCUT2D eigenvalue weighted by molar-refractivity contribution is 6.32. The highest BCUT2D eigenvalue weighted by atomic mass is 35.5. The van der Waals surface area contributed by atoms with Gasteiger partial charge in [0.15, 0.2) is 0 Å². The lowest BCUT2D eigenvalue weighted by molar-refractivity contribution is -0.0484. The van der Waals surface area contributed by atoms with Gasteiger partial charge in [-0.15, -0.1) is 0 Å². The Morgan fingerprint density at radius 1 is 1.43 bits per heavy atom. The largest absolute Gasteiger partial charge is 0.495 e. The van der Waals surface area contributed by atoms with Gasteiger partial charge < -0.3 is 19.1 Å². The van der Waals surface area contributed by atoms with Crippen molar-refractivity contribution in [3.63, 3.8) is 0 Å². The van der Waals surface area contributed by atoms with Crippen molar-refractivity contribution in [1.82, 2.24) is 4.90 Å². The van der Waals surface area contributed by atoms with Gasteiger partial charge >= 0.3 is 0 Å². The molecular weight excluding hydrogens is 318 g/mol. The average molecular weight is 340 g/mol. The van der Waals surface area contributed by atoms with E-state index in [0.29, 0.717) is 36.1 Å². The van der Waals surface area contributed by atoms with Gasteiger partial charge in [-0.2, -0.15) is 0 Å². The molecule has 1 aromatic carbocycles. The maximum Gasteiger partial charge on any atom is 0.254 e. The van der Waals surface area contributed by atoms with Gasteiger partial charge in [-0.1, -0.05) is 11.6 Å². The number of hydrogen-bond acceptors (Lipinski definition) is 4. The summed E-state index contributed by atoms with van der Waals surface area (Å²) in [5.41, 5.74) is 0.566. The summed E-state index contributed by atoms with van der Waals surface area (Å²) in [6.45, 7) is 3.71. The first kappa shape index (κ1) is 16.6. The number of methoxy groups -OCH3 is 1. The first-order valence-electron chi connectivity index (χ1n) is 8.03. The standard InChI is InChI=1S/C17H22ClNO4/c1-3-22-16-13-5-7-15(16)23-9-8-19(13)17(20)11-4-6-14(21-2)12(18)10-11/h4,6,10,13,15-16H,3,5,7-9H2,1-2H3/t13-,15-,16+/m1/s1. The lowest BCUT2D eigenvalue weighted by Gasteiger charge is -2.31. The summed E-state index contributed by atoms with van der Waals surface area (Å²) >= 11 is 6.16. The van der Waals surface area contributed by atoms with Crippen LogP contribution in [0.1, 0.15) is 30.1 Å². The van der Waals surface area contributed by atoms with Gasteiger partial charge in [-0.3, -0.25) is 4.79 Å². The topological polar surface area (TPSA) is 48.0 Å². The number of amides is 1. The lowest BCUT2D eigenvalue weighted by Crippen LogP contribution is -2.46. The lowest BCUT2D eigenvalue weighted by atomic mass is 10.1. The Hall–Kier alpha value is -1.30. The molecule has 3 atom stereocenters. The van der Waals surface area contributed by atoms with Crippen molar-refractivity contribution in [2.24, 2.45) is 0 Å². The number of ether oxygens (including phenoxy) is 3. The van der Waals surface area contributed by atoms with Crippen LogP contribution in [0, 0.1) is 0 Å². The Bertz CT molecular complexity index is 580. The molecule has 2 aliphatic rings. The van der Waals surface area contributed by atoms with E-state index in [1.165, 1.54) is 0 Å². The number of hydrogen-bond donors (Lipinski definition) is 0. The molecule has 1 aromatic rings. The zero-order valence-electron chi connectivity index (χ0n) is 13.5. The summed E-state index contributed by atoms with van der Waals surface area (Å²) in [6.07, 6.45) is 1.89. The van der Waals surface area contributed by atoms with Crippen LogP contribution in [0.25, 0.3) is 0 Å². The highest BCUT2D eigenvalue weighted by Crippen LogP contribution is 2.33. The molecule has 0 N–H and O–H groups in total. The molecule has 0 spiro atoms. The molecule has 0 unspecified atom stereocenters. The molecule has 0 aromatic heterocycles. The molecule has 1 heterocycles. The van der Waals surface area contributed by atoms with E-state index in [9.17, 15) is 4.79 Å². The average Bonchev–Trinajstić information content (AvgIpc) is 2.83. The molecule has 2 bridgehead atoms. The number of halogens is 1. The number of carbonyl (C=O) groups is 1. The summed E-state index contributed by atoms with van der Waals surface area (Å²) in [6, 6.07) is 5.20. The Kier molecular flexibility index (Phi) is 5.09. The van der Waals surface area contributed by atoms with Gasteiger partial charge in [0.1, 0.15) is 11.9 Å². The van der Waals surface area contributed by atoms with Crippen molar-refractivity contribution in [3.8, 4) is 5.75 Å². The minimum atomic E-state index is -0.0415. The SMILES string of the molecule is CCO[C@H]1[C@H]2CC[C@H]1OCCN2C(=O)c1ccc(OC)c(Cl)c1. The van der Waals surface area contributed by atoms with E-state index >= 15 is 0 Å². The second-order valence-corrected chi connectivity index (χ2v) is 6.23. The molecular formula is C17H22ClNO4. The van der Waals surface area contributed by atoms with Crippen molar-refractivity contribution in [3.05, 3.63) is 28.8 Å². The number of nitrogens with zero attached hydrogens (tertiary/aromatic N) is 1. The first-order valence-corrected chi connectivity index (χ1v) is 8.41. The summed E-state index contributed by atoms with van der Waals surface area (Å²) in [7, 11) is 1.56. The fraction of sp³-hybridized carbons (Fsp3) is 0.588. The van der Waals surface area contributed by atoms with Gasteiger partial charge in [-0.25, -0.2) is 0 Å². The molecule has 1 aliphatic carbocycles. The fourth-order valence-corrected chi connectivity index (χ4v) is 3.78. The van der Waals surface area contributed by atoms with Crippen LogP contribution in [0.5, 0.6) is 5.75 Å². The van der Waals surface area contributed by atoms with Crippen LogP contribution in [-0.2, 0) is 9.47 Å². The predicted octanol–water partition coefficient (Wildman–Crippen LogP) is 2.76. The summed E-state index contributed by atoms with van der Waals surface area (Å²) in [5, 5.41) is 0.440. The minimum absolute atomic E-state index is 0.0320. The summed E-state index contributed by atoms with van der Waals surface area (Å²) in [5.74, 6) is 0.533. The zero-order valence-corrected chi connectivity index (χ0v) is 14.2. The molecule has 5 nitrogen and oxygen atoms in total. The van der Waals surface area contributed by atoms with Crippen LogP contribution in [0.4, 0.5) is 0 Å². The molecule has 0 radical (unpaired) electrons. The predicted molar refractivity (Wildman–Crippen MR) is 87.2 cm³/mol. The third-order valence-electron chi connectivity index (χ3n) is 4.58. The van der Waals surface area contributed by atoms with E-state index in [0.717, 1.165) is 12.8 Å². The van der Waals surface area contributed by atoms with Crippen molar-refractivity contribution >= 4 is 17.5 Å². The second kappa shape index (κ2) is 7.07. The monoisotopic (exact) mass is 339 g/mol. The van der Waals surface area contributed by atoms with E-state index in [2.05, 4.69) is 0 Å². The van der Waals surface area contributed by atoms with Gasteiger partial charge in [0.2, 0.25) is 0 Å². The molecule has 126 valence electrons. The number of carbonyl (C=O) groups excluding carboxylic acids is 1. The number of benzene rings is 1. The molecule has 6 heteroatoms. The van der Waals surface area contributed by atoms with Gasteiger partial charge in [-0.05, 0) is 38.0 Å². The maximum absolute atomic E-state index is 13.0. The van der Waals surface area contributed by atoms with E-state index < -0.39 is 0 Å². The number of rotatable bonds is 4. The van der Waals surface area contributed by atoms with E-state index in [-0.39, 0.29) is 24.2 Å². The van der Waals surface area contributed by atoms with Gasteiger partial charge in [0, 0.05) is 18.7 Å². The summed E-state index contributed by atoms with van der Waals surface area (Å²) < 4.78 is 16.9. The Morgan fingerprint density at radius 3 is 2.96 bits per heavy atom. The van der Waals surface area contributed by atoms with E-state index in [1.807, 2.05) is 11.8 Å². The van der Waals surface area contributed by atoms with Crippen LogP contribution in [-0.4, -0.2) is 55.9 Å². The van der Waals surface area contributed by atoms with Crippen molar-refractivity contribution < 1.29 is 19.0 Å². The Morgan fingerprint density at radius 2 is 2.26 bits per heavy atom. The third-order valence-corrected chi connectivity index (χ3v) is 4.87. The smallest absolute Gasteiger partial charge is 0.254 e. The Labute approximate surface area is 141 Å². The maximum atomic E-state index is 13.0. The van der Waals surface area contributed by atoms with Crippen molar-refractivity contribution in [1.29, 1.82) is 0 Å². The van der Waals surface area contributed by atoms with Crippen LogP contribution < -0.4 is 4.74 Å². The molecule has 1 saturated heterocycles. The van der Waals surface area contributed by atoms with Gasteiger partial charge in [0.25, 0.3) is 5.91 Å². The van der Waals surface area contributed by atoms with Crippen molar-refractivity contribution in [2.45, 2.75) is 38.0 Å². The fourth-order valence-electron chi connectivity index (χ4n) is 3.52. The molecule has 1 amide bonds. The molecule has 2 fully saturated rings. The second-order valence-electron chi connectivity index (χ2n) is 5.82. The molecule has 3 rings (SSSR count). The van der Waals surface area contributed by atoms with Gasteiger partial charge in [0.05, 0.1) is 30.9 Å². The highest BCUT2D eigenvalue weighted by Gasteiger charge is 2.44. The molecule has 1 saturated carbocycles. The van der Waals surface area contributed by atoms with E-state index in [1.54, 1.807) is 25.3 Å². The van der Waals surface area contributed by atoms with Crippen LogP contribution in [0.3, 0.4) is 0 Å². The number of fused-ring (bicyclic) bond motifs is 2. The van der Waals surface area contributed by atoms with Crippen LogP contribution >= 0.6 is 11.6 Å². The summed E-state index contributed by atoms with van der Waals surface area (Å²) in [4.78, 5) is 14.8. The normalized spacial score (nSPS) is 26.9. The van der Waals surface area contributed by atoms with Crippen molar-refractivity contribution in [2.75, 3.05) is 26.9 Å². The minimum Gasteiger partial charge on any atom is -0.495 e. The van der Waals surface area contributed by atoms with Crippen LogP contribution in [0.15, 0.2) is 18.2 Å². The molecule has 1 aliphatic heterocycles. The quantitative estimate of drug-likeness (QED) is 0.846. The van der Waals surface area contributed by atoms with Crippen LogP contribution in [0.2, 0.25) is 5.02 Å². The zero-order chi connectivity index (χ0) is 16.4. The first-order chi connectivity index (χ1) is 11.2. The van der Waals surface area contributed by atoms with E-state index in [4.69, 9.17) is 25.8 Å².